The molecule has 0 aromatic carbocycles. The summed E-state index contributed by atoms with van der Waals surface area (Å²) in [4.78, 5) is 26.4. The first kappa shape index (κ1) is 32.5. The van der Waals surface area contributed by atoms with Gasteiger partial charge in [-0.3, -0.25) is 0 Å². The Hall–Kier alpha value is -1.54. The van der Waals surface area contributed by atoms with Crippen molar-refractivity contribution in [1.29, 1.82) is 0 Å². The van der Waals surface area contributed by atoms with Gasteiger partial charge in [0.15, 0.2) is 6.10 Å². The number of carbonyl (C=O) groups excluding carboxylic acids is 2. The van der Waals surface area contributed by atoms with E-state index in [4.69, 9.17) is 9.47 Å². The van der Waals surface area contributed by atoms with E-state index in [2.05, 4.69) is 19.2 Å². The molecule has 0 aromatic rings. The molecule has 0 saturated carbocycles. The minimum Gasteiger partial charge on any atom is -0.406 e. The van der Waals surface area contributed by atoms with Gasteiger partial charge in [0.25, 0.3) is 6.29 Å². The molecule has 0 aliphatic carbocycles. The second kappa shape index (κ2) is 21.5. The van der Waals surface area contributed by atoms with Crippen molar-refractivity contribution in [1.82, 2.24) is 10.2 Å². The molecule has 212 valence electrons. The molecule has 1 aliphatic rings. The lowest BCUT2D eigenvalue weighted by molar-refractivity contribution is -0.145. The van der Waals surface area contributed by atoms with Crippen LogP contribution >= 0.6 is 0 Å². The molecular weight excluding hydrogens is 460 g/mol. The Bertz CT molecular complexity index is 556. The van der Waals surface area contributed by atoms with Crippen LogP contribution in [0, 0.1) is 0 Å². The summed E-state index contributed by atoms with van der Waals surface area (Å²) in [6, 6.07) is -0.0321. The number of aliphatic hydroxyl groups excluding tert-OH is 2. The Balaban J connectivity index is 2.28. The smallest absolute Gasteiger partial charge is 0.406 e. The molecule has 0 radical (unpaired) electrons. The van der Waals surface area contributed by atoms with Crippen molar-refractivity contribution in [3.8, 4) is 0 Å². The van der Waals surface area contributed by atoms with E-state index < -0.39 is 31.2 Å². The molecule has 8 nitrogen and oxygen atoms in total. The predicted molar refractivity (Wildman–Crippen MR) is 143 cm³/mol. The quantitative estimate of drug-likeness (QED) is 0.130. The zero-order chi connectivity index (χ0) is 26.4. The summed E-state index contributed by atoms with van der Waals surface area (Å²) in [6.45, 7) is 4.79. The van der Waals surface area contributed by atoms with Gasteiger partial charge < -0.3 is 29.9 Å². The molecular formula is C28H54N2O6. The highest BCUT2D eigenvalue weighted by Gasteiger charge is 2.30. The number of nitrogens with zero attached hydrogens (tertiary/aromatic N) is 1. The first-order chi connectivity index (χ1) is 17.5. The molecule has 1 heterocycles. The Morgan fingerprint density at radius 1 is 0.778 bits per heavy atom. The number of alkyl carbamates (subject to hydrolysis) is 1. The fourth-order valence-electron chi connectivity index (χ4n) is 4.69. The number of piperidine rings is 1. The maximum absolute atomic E-state index is 12.5. The molecule has 3 N–H and O–H groups in total. The number of nitrogens with one attached hydrogen (secondary N) is 1. The van der Waals surface area contributed by atoms with E-state index in [0.717, 1.165) is 51.4 Å². The third-order valence-electron chi connectivity index (χ3n) is 6.92. The molecule has 8 heteroatoms. The van der Waals surface area contributed by atoms with Crippen LogP contribution in [0.25, 0.3) is 0 Å². The van der Waals surface area contributed by atoms with E-state index in [0.29, 0.717) is 13.1 Å². The number of hydrogen-bond acceptors (Lipinski definition) is 6. The van der Waals surface area contributed by atoms with Gasteiger partial charge in [-0.05, 0) is 32.1 Å². The average Bonchev–Trinajstić information content (AvgIpc) is 2.88. The summed E-state index contributed by atoms with van der Waals surface area (Å²) in [6.07, 6.45) is 16.5. The van der Waals surface area contributed by atoms with E-state index in [9.17, 15) is 19.8 Å². The molecule has 1 aliphatic heterocycles. The molecule has 0 bridgehead atoms. The molecule has 2 amide bonds. The van der Waals surface area contributed by atoms with Crippen molar-refractivity contribution < 1.29 is 29.3 Å². The minimum absolute atomic E-state index is 0.0321. The van der Waals surface area contributed by atoms with Crippen LogP contribution in [-0.4, -0.2) is 65.4 Å². The molecule has 1 saturated heterocycles. The zero-order valence-electron chi connectivity index (χ0n) is 23.1. The van der Waals surface area contributed by atoms with Gasteiger partial charge in [-0.2, -0.15) is 0 Å². The van der Waals surface area contributed by atoms with Crippen molar-refractivity contribution in [2.45, 2.75) is 148 Å². The Labute approximate surface area is 219 Å². The van der Waals surface area contributed by atoms with Crippen LogP contribution in [0.4, 0.5) is 9.59 Å². The molecule has 3 unspecified atom stereocenters. The number of likely N-dealkylation sites (tertiary alicyclic amines) is 1. The SMILES string of the molecule is CCCCCCCCCCCCCCC(CCC)NC(=O)OC(OC(=O)N1CCCCC1)C(O)CO. The van der Waals surface area contributed by atoms with Crippen molar-refractivity contribution in [3.05, 3.63) is 0 Å². The van der Waals surface area contributed by atoms with Crippen molar-refractivity contribution in [3.63, 3.8) is 0 Å². The van der Waals surface area contributed by atoms with Gasteiger partial charge in [0.2, 0.25) is 0 Å². The normalized spacial score (nSPS) is 16.3. The average molecular weight is 515 g/mol. The lowest BCUT2D eigenvalue weighted by Crippen LogP contribution is -2.46. The molecule has 1 fully saturated rings. The number of carbonyl (C=O) groups is 2. The van der Waals surface area contributed by atoms with Gasteiger partial charge in [-0.25, -0.2) is 9.59 Å². The second-order valence-corrected chi connectivity index (χ2v) is 10.3. The van der Waals surface area contributed by atoms with Crippen LogP contribution in [0.3, 0.4) is 0 Å². The van der Waals surface area contributed by atoms with Crippen LogP contribution in [0.5, 0.6) is 0 Å². The summed E-state index contributed by atoms with van der Waals surface area (Å²) in [7, 11) is 0. The maximum atomic E-state index is 12.5. The lowest BCUT2D eigenvalue weighted by atomic mass is 10.0. The zero-order valence-corrected chi connectivity index (χ0v) is 23.1. The van der Waals surface area contributed by atoms with Crippen molar-refractivity contribution >= 4 is 12.2 Å². The number of unbranched alkanes of at least 4 members (excludes halogenated alkanes) is 11. The third-order valence-corrected chi connectivity index (χ3v) is 6.92. The Kier molecular flexibility index (Phi) is 19.4. The van der Waals surface area contributed by atoms with E-state index in [-0.39, 0.29) is 6.04 Å². The van der Waals surface area contributed by atoms with Gasteiger partial charge in [0, 0.05) is 19.1 Å². The van der Waals surface area contributed by atoms with Crippen LogP contribution in [0.15, 0.2) is 0 Å². The molecule has 36 heavy (non-hydrogen) atoms. The van der Waals surface area contributed by atoms with E-state index in [1.54, 1.807) is 0 Å². The van der Waals surface area contributed by atoms with Crippen LogP contribution in [0.2, 0.25) is 0 Å². The first-order valence-electron chi connectivity index (χ1n) is 14.7. The van der Waals surface area contributed by atoms with Gasteiger partial charge >= 0.3 is 12.2 Å². The topological polar surface area (TPSA) is 108 Å². The third kappa shape index (κ3) is 15.5. The largest absolute Gasteiger partial charge is 0.412 e. The van der Waals surface area contributed by atoms with Crippen molar-refractivity contribution in [2.24, 2.45) is 0 Å². The monoisotopic (exact) mass is 514 g/mol. The highest BCUT2D eigenvalue weighted by Crippen LogP contribution is 2.16. The lowest BCUT2D eigenvalue weighted by Gasteiger charge is -2.29. The van der Waals surface area contributed by atoms with Gasteiger partial charge in [-0.15, -0.1) is 0 Å². The standard InChI is InChI=1S/C28H54N2O6/c1-3-5-6-7-8-9-10-11-12-13-14-16-20-24(19-4-2)29-27(33)35-26(25(32)23-31)36-28(34)30-21-17-15-18-22-30/h24-26,31-32H,3-23H2,1-2H3,(H,29,33). The van der Waals surface area contributed by atoms with E-state index in [1.807, 2.05) is 0 Å². The summed E-state index contributed by atoms with van der Waals surface area (Å²) < 4.78 is 10.5. The number of amides is 2. The second-order valence-electron chi connectivity index (χ2n) is 10.3. The highest BCUT2D eigenvalue weighted by molar-refractivity contribution is 5.70. The first-order valence-corrected chi connectivity index (χ1v) is 14.7. The van der Waals surface area contributed by atoms with Gasteiger partial charge in [0.05, 0.1) is 6.61 Å². The van der Waals surface area contributed by atoms with E-state index >= 15 is 0 Å². The molecule has 3 atom stereocenters. The summed E-state index contributed by atoms with van der Waals surface area (Å²) >= 11 is 0. The Morgan fingerprint density at radius 3 is 1.86 bits per heavy atom. The summed E-state index contributed by atoms with van der Waals surface area (Å²) in [5.41, 5.74) is 0. The number of hydrogen-bond donors (Lipinski definition) is 3. The fraction of sp³-hybridized carbons (Fsp3) is 0.929. The molecule has 1 rings (SSSR count). The Morgan fingerprint density at radius 2 is 1.33 bits per heavy atom. The highest BCUT2D eigenvalue weighted by atomic mass is 16.7. The number of aliphatic hydroxyl groups is 2. The minimum atomic E-state index is -1.54. The molecule has 0 aromatic heterocycles. The summed E-state index contributed by atoms with van der Waals surface area (Å²) in [5.74, 6) is 0. The number of rotatable bonds is 20. The van der Waals surface area contributed by atoms with Crippen molar-refractivity contribution in [2.75, 3.05) is 19.7 Å². The van der Waals surface area contributed by atoms with Crippen LogP contribution in [-0.2, 0) is 9.47 Å². The van der Waals surface area contributed by atoms with E-state index in [1.165, 1.54) is 69.1 Å². The summed E-state index contributed by atoms with van der Waals surface area (Å²) in [5, 5.41) is 22.2. The van der Waals surface area contributed by atoms with Crippen LogP contribution < -0.4 is 5.32 Å². The maximum Gasteiger partial charge on any atom is 0.412 e. The van der Waals surface area contributed by atoms with Gasteiger partial charge in [-0.1, -0.05) is 97.3 Å². The predicted octanol–water partition coefficient (Wildman–Crippen LogP) is 6.27. The fourth-order valence-corrected chi connectivity index (χ4v) is 4.69. The van der Waals surface area contributed by atoms with Gasteiger partial charge in [0.1, 0.15) is 0 Å². The molecule has 0 spiro atoms. The number of ether oxygens (including phenoxy) is 2. The van der Waals surface area contributed by atoms with Crippen LogP contribution in [0.1, 0.15) is 129 Å².